The van der Waals surface area contributed by atoms with E-state index in [0.717, 1.165) is 30.2 Å². The van der Waals surface area contributed by atoms with Crippen LogP contribution in [0.2, 0.25) is 0 Å². The second-order valence-corrected chi connectivity index (χ2v) is 9.08. The standard InChI is InChI=1S/C24H25F3N6O/c1-15(16-5-3-2-4-6-16)30-22(34)32-9-7-23(14-32)8-10-33-20(23)12-19(31-33)17-11-18(24(25,26)27)21(28)29-13-17/h2-6,11-13,15H,7-10,14H2,1H3,(H2,28,29)(H,30,34). The van der Waals surface area contributed by atoms with Gasteiger partial charge in [0.05, 0.1) is 17.3 Å². The van der Waals surface area contributed by atoms with Crippen LogP contribution < -0.4 is 11.1 Å². The quantitative estimate of drug-likeness (QED) is 0.595. The van der Waals surface area contributed by atoms with Gasteiger partial charge >= 0.3 is 12.2 Å². The number of nitrogens with one attached hydrogen (secondary N) is 1. The molecule has 2 atom stereocenters. The minimum Gasteiger partial charge on any atom is -0.383 e. The molecule has 5 rings (SSSR count). The smallest absolute Gasteiger partial charge is 0.383 e. The Morgan fingerprint density at radius 1 is 1.18 bits per heavy atom. The van der Waals surface area contributed by atoms with Crippen molar-refractivity contribution in [2.45, 2.75) is 43.9 Å². The number of aromatic nitrogens is 3. The highest BCUT2D eigenvalue weighted by atomic mass is 19.4. The average molecular weight is 470 g/mol. The molecule has 3 aromatic rings. The number of aryl methyl sites for hydroxylation is 1. The third-order valence-electron chi connectivity index (χ3n) is 6.93. The number of benzene rings is 1. The molecule has 0 saturated carbocycles. The van der Waals surface area contributed by atoms with E-state index in [9.17, 15) is 18.0 Å². The molecule has 1 saturated heterocycles. The van der Waals surface area contributed by atoms with Crippen molar-refractivity contribution in [1.29, 1.82) is 0 Å². The molecule has 1 spiro atoms. The van der Waals surface area contributed by atoms with Gasteiger partial charge in [0.1, 0.15) is 5.82 Å². The van der Waals surface area contributed by atoms with E-state index in [2.05, 4.69) is 15.4 Å². The number of pyridine rings is 1. The molecular weight excluding hydrogens is 445 g/mol. The Kier molecular flexibility index (Phi) is 5.26. The maximum Gasteiger partial charge on any atom is 0.419 e. The predicted octanol–water partition coefficient (Wildman–Crippen LogP) is 4.36. The van der Waals surface area contributed by atoms with E-state index in [4.69, 9.17) is 5.73 Å². The minimum atomic E-state index is -4.59. The fourth-order valence-corrected chi connectivity index (χ4v) is 5.01. The van der Waals surface area contributed by atoms with Gasteiger partial charge in [-0.3, -0.25) is 4.68 Å². The molecule has 1 fully saturated rings. The van der Waals surface area contributed by atoms with Crippen molar-refractivity contribution in [2.75, 3.05) is 18.8 Å². The first-order chi connectivity index (χ1) is 16.2. The van der Waals surface area contributed by atoms with Gasteiger partial charge in [-0.25, -0.2) is 9.78 Å². The maximum absolute atomic E-state index is 13.3. The van der Waals surface area contributed by atoms with Crippen LogP contribution in [0.3, 0.4) is 0 Å². The summed E-state index contributed by atoms with van der Waals surface area (Å²) in [5.41, 5.74) is 6.88. The summed E-state index contributed by atoms with van der Waals surface area (Å²) in [5.74, 6) is -0.554. The van der Waals surface area contributed by atoms with E-state index in [1.54, 1.807) is 0 Å². The number of anilines is 1. The monoisotopic (exact) mass is 470 g/mol. The second-order valence-electron chi connectivity index (χ2n) is 9.08. The van der Waals surface area contributed by atoms with E-state index in [1.165, 1.54) is 6.20 Å². The van der Waals surface area contributed by atoms with Gasteiger partial charge in [-0.2, -0.15) is 18.3 Å². The van der Waals surface area contributed by atoms with Crippen LogP contribution in [-0.2, 0) is 18.1 Å². The van der Waals surface area contributed by atoms with Gasteiger partial charge in [0.25, 0.3) is 0 Å². The third-order valence-corrected chi connectivity index (χ3v) is 6.93. The van der Waals surface area contributed by atoms with E-state index in [-0.39, 0.29) is 23.1 Å². The molecule has 2 aromatic heterocycles. The molecule has 0 aliphatic carbocycles. The summed E-state index contributed by atoms with van der Waals surface area (Å²) in [6, 6.07) is 12.3. The molecule has 10 heteroatoms. The molecule has 1 aromatic carbocycles. The largest absolute Gasteiger partial charge is 0.419 e. The lowest BCUT2D eigenvalue weighted by atomic mass is 9.82. The number of nitrogens with zero attached hydrogens (tertiary/aromatic N) is 4. The number of carbonyl (C=O) groups excluding carboxylic acids is 1. The summed E-state index contributed by atoms with van der Waals surface area (Å²) >= 11 is 0. The van der Waals surface area contributed by atoms with Gasteiger partial charge in [0, 0.05) is 42.5 Å². The summed E-state index contributed by atoms with van der Waals surface area (Å²) in [4.78, 5) is 18.5. The summed E-state index contributed by atoms with van der Waals surface area (Å²) < 4.78 is 41.7. The van der Waals surface area contributed by atoms with Gasteiger partial charge in [0.2, 0.25) is 0 Å². The third kappa shape index (κ3) is 3.86. The lowest BCUT2D eigenvalue weighted by Crippen LogP contribution is -2.41. The number of hydrogen-bond donors (Lipinski definition) is 2. The van der Waals surface area contributed by atoms with E-state index < -0.39 is 17.6 Å². The lowest BCUT2D eigenvalue weighted by molar-refractivity contribution is -0.137. The predicted molar refractivity (Wildman–Crippen MR) is 121 cm³/mol. The summed E-state index contributed by atoms with van der Waals surface area (Å²) in [7, 11) is 0. The van der Waals surface area contributed by atoms with Crippen molar-refractivity contribution in [1.82, 2.24) is 25.0 Å². The minimum absolute atomic E-state index is 0.119. The van der Waals surface area contributed by atoms with E-state index >= 15 is 0 Å². The van der Waals surface area contributed by atoms with Crippen LogP contribution in [0, 0.1) is 0 Å². The van der Waals surface area contributed by atoms with Crippen LogP contribution in [-0.4, -0.2) is 38.8 Å². The first kappa shape index (κ1) is 22.2. The fourth-order valence-electron chi connectivity index (χ4n) is 5.01. The van der Waals surface area contributed by atoms with Crippen molar-refractivity contribution in [3.63, 3.8) is 0 Å². The Morgan fingerprint density at radius 3 is 2.65 bits per heavy atom. The number of nitrogens with two attached hydrogens (primary N) is 1. The van der Waals surface area contributed by atoms with Crippen molar-refractivity contribution >= 4 is 11.8 Å². The molecule has 0 bridgehead atoms. The number of hydrogen-bond acceptors (Lipinski definition) is 4. The Labute approximate surface area is 194 Å². The van der Waals surface area contributed by atoms with Gasteiger partial charge < -0.3 is 16.0 Å². The number of carbonyl (C=O) groups is 1. The highest BCUT2D eigenvalue weighted by molar-refractivity contribution is 5.75. The Morgan fingerprint density at radius 2 is 1.91 bits per heavy atom. The zero-order valence-electron chi connectivity index (χ0n) is 18.6. The maximum atomic E-state index is 13.3. The molecular formula is C24H25F3N6O. The highest BCUT2D eigenvalue weighted by Gasteiger charge is 2.47. The zero-order valence-corrected chi connectivity index (χ0v) is 18.6. The van der Waals surface area contributed by atoms with Gasteiger partial charge in [0.15, 0.2) is 0 Å². The number of fused-ring (bicyclic) bond motifs is 2. The summed E-state index contributed by atoms with van der Waals surface area (Å²) in [6.07, 6.45) is -1.66. The Bertz CT molecular complexity index is 1230. The highest BCUT2D eigenvalue weighted by Crippen LogP contribution is 2.44. The number of likely N-dealkylation sites (tertiary alicyclic amines) is 1. The molecule has 178 valence electrons. The number of alkyl halides is 3. The van der Waals surface area contributed by atoms with Crippen LogP contribution in [0.1, 0.15) is 42.6 Å². The molecule has 2 aliphatic heterocycles. The average Bonchev–Trinajstić information content (AvgIpc) is 3.51. The van der Waals surface area contributed by atoms with Crippen LogP contribution in [0.4, 0.5) is 23.8 Å². The Balaban J connectivity index is 1.34. The molecule has 34 heavy (non-hydrogen) atoms. The van der Waals surface area contributed by atoms with Crippen LogP contribution in [0.5, 0.6) is 0 Å². The molecule has 2 amide bonds. The molecule has 2 aliphatic rings. The normalized spacial score (nSPS) is 20.5. The SMILES string of the molecule is CC(NC(=O)N1CCC2(CCn3nc(-c4cnc(N)c(C(F)(F)F)c4)cc32)C1)c1ccccc1. The topological polar surface area (TPSA) is 89.1 Å². The van der Waals surface area contributed by atoms with Gasteiger partial charge in [-0.15, -0.1) is 0 Å². The lowest BCUT2D eigenvalue weighted by Gasteiger charge is -2.25. The van der Waals surface area contributed by atoms with Crippen LogP contribution in [0.25, 0.3) is 11.3 Å². The zero-order chi connectivity index (χ0) is 24.1. The van der Waals surface area contributed by atoms with Crippen molar-refractivity contribution in [2.24, 2.45) is 0 Å². The van der Waals surface area contributed by atoms with Crippen molar-refractivity contribution in [3.8, 4) is 11.3 Å². The van der Waals surface area contributed by atoms with Crippen molar-refractivity contribution in [3.05, 3.63) is 65.5 Å². The first-order valence-electron chi connectivity index (χ1n) is 11.2. The molecule has 4 heterocycles. The van der Waals surface area contributed by atoms with Crippen LogP contribution >= 0.6 is 0 Å². The second kappa shape index (κ2) is 8.03. The molecule has 3 N–H and O–H groups in total. The number of rotatable bonds is 3. The number of nitrogen functional groups attached to an aromatic ring is 1. The molecule has 0 radical (unpaired) electrons. The van der Waals surface area contributed by atoms with Crippen LogP contribution in [0.15, 0.2) is 48.7 Å². The summed E-state index contributed by atoms with van der Waals surface area (Å²) in [6.45, 7) is 3.75. The number of amides is 2. The fraction of sp³-hybridized carbons (Fsp3) is 0.375. The first-order valence-corrected chi connectivity index (χ1v) is 11.2. The molecule has 7 nitrogen and oxygen atoms in total. The molecule has 2 unspecified atom stereocenters. The Hall–Kier alpha value is -3.56. The van der Waals surface area contributed by atoms with E-state index in [0.29, 0.717) is 25.3 Å². The number of urea groups is 1. The van der Waals surface area contributed by atoms with Gasteiger partial charge in [-0.1, -0.05) is 30.3 Å². The van der Waals surface area contributed by atoms with Crippen molar-refractivity contribution < 1.29 is 18.0 Å². The summed E-state index contributed by atoms with van der Waals surface area (Å²) in [5, 5.41) is 7.60. The van der Waals surface area contributed by atoms with E-state index in [1.807, 2.05) is 52.9 Å². The number of halogens is 3. The van der Waals surface area contributed by atoms with Gasteiger partial charge in [-0.05, 0) is 37.5 Å².